The maximum Gasteiger partial charge on any atom is 0.270 e. The van der Waals surface area contributed by atoms with E-state index in [0.717, 1.165) is 32.4 Å². The standard InChI is InChI=1S/C16H24N4O4/c1-22-10-2-6-17-14(21)13-3-7-18-15(19-13)20-8-4-16(5-9-20)23-11-12-24-16/h3,7H,2,4-6,8-12H2,1H3,(H,17,21). The number of hydrogen-bond donors (Lipinski definition) is 1. The smallest absolute Gasteiger partial charge is 0.270 e. The Morgan fingerprint density at radius 3 is 2.83 bits per heavy atom. The third-order valence-corrected chi connectivity index (χ3v) is 4.31. The minimum Gasteiger partial charge on any atom is -0.385 e. The molecule has 0 saturated carbocycles. The second-order valence-corrected chi connectivity index (χ2v) is 5.94. The van der Waals surface area contributed by atoms with Crippen LogP contribution in [0.25, 0.3) is 0 Å². The predicted molar refractivity (Wildman–Crippen MR) is 86.9 cm³/mol. The molecule has 1 aromatic heterocycles. The van der Waals surface area contributed by atoms with E-state index in [-0.39, 0.29) is 5.91 Å². The van der Waals surface area contributed by atoms with Crippen LogP contribution in [0.15, 0.2) is 12.3 Å². The third-order valence-electron chi connectivity index (χ3n) is 4.31. The van der Waals surface area contributed by atoms with Crippen molar-refractivity contribution >= 4 is 11.9 Å². The van der Waals surface area contributed by atoms with Gasteiger partial charge in [-0.2, -0.15) is 0 Å². The van der Waals surface area contributed by atoms with Crippen molar-refractivity contribution in [3.05, 3.63) is 18.0 Å². The van der Waals surface area contributed by atoms with E-state index in [1.807, 2.05) is 0 Å². The van der Waals surface area contributed by atoms with Crippen LogP contribution in [0.1, 0.15) is 29.8 Å². The van der Waals surface area contributed by atoms with Gasteiger partial charge in [-0.1, -0.05) is 0 Å². The number of anilines is 1. The number of aromatic nitrogens is 2. The van der Waals surface area contributed by atoms with Crippen molar-refractivity contribution in [2.45, 2.75) is 25.0 Å². The van der Waals surface area contributed by atoms with Gasteiger partial charge in [0.2, 0.25) is 5.95 Å². The van der Waals surface area contributed by atoms with Crippen LogP contribution in [0.4, 0.5) is 5.95 Å². The number of piperidine rings is 1. The maximum absolute atomic E-state index is 12.1. The van der Waals surface area contributed by atoms with Crippen LogP contribution in [-0.2, 0) is 14.2 Å². The number of carbonyl (C=O) groups excluding carboxylic acids is 1. The van der Waals surface area contributed by atoms with Gasteiger partial charge < -0.3 is 24.4 Å². The van der Waals surface area contributed by atoms with Gasteiger partial charge in [0.05, 0.1) is 13.2 Å². The van der Waals surface area contributed by atoms with Crippen LogP contribution < -0.4 is 10.2 Å². The Labute approximate surface area is 141 Å². The fraction of sp³-hybridized carbons (Fsp3) is 0.688. The van der Waals surface area contributed by atoms with Gasteiger partial charge >= 0.3 is 0 Å². The van der Waals surface area contributed by atoms with Gasteiger partial charge in [0.25, 0.3) is 5.91 Å². The van der Waals surface area contributed by atoms with Crippen molar-refractivity contribution < 1.29 is 19.0 Å². The first-order valence-corrected chi connectivity index (χ1v) is 8.35. The summed E-state index contributed by atoms with van der Waals surface area (Å²) in [6, 6.07) is 1.63. The highest BCUT2D eigenvalue weighted by atomic mass is 16.7. The van der Waals surface area contributed by atoms with Crippen LogP contribution in [0.3, 0.4) is 0 Å². The average molecular weight is 336 g/mol. The number of rotatable bonds is 6. The van der Waals surface area contributed by atoms with E-state index in [1.165, 1.54) is 0 Å². The van der Waals surface area contributed by atoms with Gasteiger partial charge in [0, 0.05) is 52.4 Å². The Morgan fingerprint density at radius 2 is 2.12 bits per heavy atom. The molecule has 0 aliphatic carbocycles. The Kier molecular flexibility index (Phi) is 5.60. The normalized spacial score (nSPS) is 19.6. The van der Waals surface area contributed by atoms with E-state index in [9.17, 15) is 4.79 Å². The number of hydrogen-bond acceptors (Lipinski definition) is 7. The van der Waals surface area contributed by atoms with Crippen molar-refractivity contribution in [3.63, 3.8) is 0 Å². The minimum absolute atomic E-state index is 0.189. The lowest BCUT2D eigenvalue weighted by Crippen LogP contribution is -2.45. The molecule has 24 heavy (non-hydrogen) atoms. The molecular weight excluding hydrogens is 312 g/mol. The Balaban J connectivity index is 1.56. The van der Waals surface area contributed by atoms with E-state index >= 15 is 0 Å². The second kappa shape index (κ2) is 7.87. The molecule has 0 atom stereocenters. The summed E-state index contributed by atoms with van der Waals surface area (Å²) in [5, 5.41) is 2.84. The molecule has 0 unspecified atom stereocenters. The summed E-state index contributed by atoms with van der Waals surface area (Å²) in [5.41, 5.74) is 0.381. The fourth-order valence-electron chi connectivity index (χ4n) is 2.97. The summed E-state index contributed by atoms with van der Waals surface area (Å²) in [7, 11) is 1.64. The van der Waals surface area contributed by atoms with Gasteiger partial charge in [0.15, 0.2) is 5.79 Å². The maximum atomic E-state index is 12.1. The molecule has 2 fully saturated rings. The Morgan fingerprint density at radius 1 is 1.38 bits per heavy atom. The lowest BCUT2D eigenvalue weighted by Gasteiger charge is -2.37. The van der Waals surface area contributed by atoms with Crippen LogP contribution in [0.2, 0.25) is 0 Å². The first kappa shape index (κ1) is 17.1. The van der Waals surface area contributed by atoms with Crippen LogP contribution in [0.5, 0.6) is 0 Å². The molecule has 3 heterocycles. The number of carbonyl (C=O) groups is 1. The van der Waals surface area contributed by atoms with Gasteiger partial charge in [-0.15, -0.1) is 0 Å². The van der Waals surface area contributed by atoms with Crippen molar-refractivity contribution in [2.24, 2.45) is 0 Å². The average Bonchev–Trinajstić information content (AvgIpc) is 3.07. The summed E-state index contributed by atoms with van der Waals surface area (Å²) in [5.74, 6) is -0.0367. The Hall–Kier alpha value is -1.77. The molecule has 0 bridgehead atoms. The molecule has 3 rings (SSSR count). The highest BCUT2D eigenvalue weighted by Crippen LogP contribution is 2.32. The second-order valence-electron chi connectivity index (χ2n) is 5.94. The number of nitrogens with zero attached hydrogens (tertiary/aromatic N) is 3. The molecule has 1 spiro atoms. The zero-order valence-electron chi connectivity index (χ0n) is 14.0. The molecule has 0 radical (unpaired) electrons. The summed E-state index contributed by atoms with van der Waals surface area (Å²) in [4.78, 5) is 22.9. The summed E-state index contributed by atoms with van der Waals surface area (Å²) < 4.78 is 16.4. The molecule has 8 heteroatoms. The largest absolute Gasteiger partial charge is 0.385 e. The van der Waals surface area contributed by atoms with Crippen molar-refractivity contribution in [3.8, 4) is 0 Å². The zero-order valence-corrected chi connectivity index (χ0v) is 14.0. The lowest BCUT2D eigenvalue weighted by molar-refractivity contribution is -0.169. The molecular formula is C16H24N4O4. The molecule has 8 nitrogen and oxygen atoms in total. The first-order chi connectivity index (χ1) is 11.7. The van der Waals surface area contributed by atoms with Crippen LogP contribution in [0, 0.1) is 0 Å². The van der Waals surface area contributed by atoms with E-state index in [1.54, 1.807) is 19.4 Å². The minimum atomic E-state index is -0.424. The van der Waals surface area contributed by atoms with E-state index in [2.05, 4.69) is 20.2 Å². The number of ether oxygens (including phenoxy) is 3. The lowest BCUT2D eigenvalue weighted by atomic mass is 10.0. The van der Waals surface area contributed by atoms with E-state index < -0.39 is 5.79 Å². The predicted octanol–water partition coefficient (Wildman–Crippen LogP) is 0.586. The molecule has 1 amide bonds. The molecule has 0 aromatic carbocycles. The van der Waals surface area contributed by atoms with Crippen LogP contribution in [-0.4, -0.2) is 68.2 Å². The van der Waals surface area contributed by atoms with Gasteiger partial charge in [-0.3, -0.25) is 4.79 Å². The Bertz CT molecular complexity index is 553. The zero-order chi connectivity index (χ0) is 16.8. The summed E-state index contributed by atoms with van der Waals surface area (Å²) in [6.45, 7) is 4.00. The van der Waals surface area contributed by atoms with Gasteiger partial charge in [-0.25, -0.2) is 9.97 Å². The first-order valence-electron chi connectivity index (χ1n) is 8.35. The van der Waals surface area contributed by atoms with Crippen molar-refractivity contribution in [1.82, 2.24) is 15.3 Å². The van der Waals surface area contributed by atoms with E-state index in [0.29, 0.717) is 38.0 Å². The molecule has 2 aliphatic heterocycles. The molecule has 2 saturated heterocycles. The monoisotopic (exact) mass is 336 g/mol. The van der Waals surface area contributed by atoms with Crippen molar-refractivity contribution in [1.29, 1.82) is 0 Å². The molecule has 1 N–H and O–H groups in total. The molecule has 1 aromatic rings. The van der Waals surface area contributed by atoms with Gasteiger partial charge in [-0.05, 0) is 12.5 Å². The number of methoxy groups -OCH3 is 1. The number of amides is 1. The molecule has 2 aliphatic rings. The SMILES string of the molecule is COCCCNC(=O)c1ccnc(N2CCC3(CC2)OCCO3)n1. The highest BCUT2D eigenvalue weighted by molar-refractivity contribution is 5.92. The quantitative estimate of drug-likeness (QED) is 0.761. The third kappa shape index (κ3) is 4.00. The number of nitrogens with one attached hydrogen (secondary N) is 1. The van der Waals surface area contributed by atoms with Gasteiger partial charge in [0.1, 0.15) is 5.69 Å². The van der Waals surface area contributed by atoms with Crippen LogP contribution >= 0.6 is 0 Å². The fourth-order valence-corrected chi connectivity index (χ4v) is 2.97. The summed E-state index contributed by atoms with van der Waals surface area (Å²) in [6.07, 6.45) is 3.96. The van der Waals surface area contributed by atoms with E-state index in [4.69, 9.17) is 14.2 Å². The topological polar surface area (TPSA) is 85.8 Å². The van der Waals surface area contributed by atoms with Crippen molar-refractivity contribution in [2.75, 3.05) is 51.5 Å². The summed E-state index contributed by atoms with van der Waals surface area (Å²) >= 11 is 0. The molecule has 132 valence electrons. The highest BCUT2D eigenvalue weighted by Gasteiger charge is 2.40.